The Morgan fingerprint density at radius 1 is 1.25 bits per heavy atom. The molecule has 0 aliphatic rings. The van der Waals surface area contributed by atoms with Gasteiger partial charge in [-0.25, -0.2) is 0 Å². The van der Waals surface area contributed by atoms with E-state index in [0.29, 0.717) is 0 Å². The maximum absolute atomic E-state index is 12.1. The van der Waals surface area contributed by atoms with Gasteiger partial charge in [-0.3, -0.25) is 0 Å². The molecule has 0 radical (unpaired) electrons. The normalized spacial score (nSPS) is 12.3. The van der Waals surface area contributed by atoms with Crippen LogP contribution in [0.25, 0.3) is 10.9 Å². The Morgan fingerprint density at radius 3 is 2.65 bits per heavy atom. The van der Waals surface area contributed by atoms with Crippen molar-refractivity contribution < 1.29 is 17.9 Å². The van der Waals surface area contributed by atoms with E-state index in [1.54, 1.807) is 18.2 Å². The maximum atomic E-state index is 12.1. The zero-order valence-corrected chi connectivity index (χ0v) is 11.4. The van der Waals surface area contributed by atoms with E-state index in [1.807, 2.05) is 20.3 Å². The Balaban J connectivity index is 2.16. The van der Waals surface area contributed by atoms with Crippen molar-refractivity contribution in [2.24, 2.45) is 0 Å². The lowest BCUT2D eigenvalue weighted by atomic mass is 10.1. The van der Waals surface area contributed by atoms with Crippen LogP contribution in [0.4, 0.5) is 13.2 Å². The highest BCUT2D eigenvalue weighted by atomic mass is 19.4. The van der Waals surface area contributed by atoms with Gasteiger partial charge in [0.25, 0.3) is 0 Å². The van der Waals surface area contributed by atoms with Gasteiger partial charge in [0, 0.05) is 23.6 Å². The minimum Gasteiger partial charge on any atom is -0.484 e. The first-order valence-corrected chi connectivity index (χ1v) is 6.29. The topological polar surface area (TPSA) is 28.3 Å². The van der Waals surface area contributed by atoms with Crippen molar-refractivity contribution in [3.63, 3.8) is 0 Å². The zero-order chi connectivity index (χ0) is 14.8. The summed E-state index contributed by atoms with van der Waals surface area (Å²) in [7, 11) is 3.96. The van der Waals surface area contributed by atoms with Crippen molar-refractivity contribution in [3.8, 4) is 5.75 Å². The fraction of sp³-hybridized carbons (Fsp3) is 0.429. The highest BCUT2D eigenvalue weighted by molar-refractivity contribution is 5.84. The first kappa shape index (κ1) is 14.7. The second-order valence-electron chi connectivity index (χ2n) is 4.98. The summed E-state index contributed by atoms with van der Waals surface area (Å²) in [6.45, 7) is -0.392. The number of fused-ring (bicyclic) bond motifs is 1. The number of hydrogen-bond donors (Lipinski definition) is 1. The summed E-state index contributed by atoms with van der Waals surface area (Å²) < 4.78 is 41.2. The number of aromatic nitrogens is 1. The third-order valence-corrected chi connectivity index (χ3v) is 2.97. The molecule has 0 atom stereocenters. The summed E-state index contributed by atoms with van der Waals surface area (Å²) >= 11 is 0. The van der Waals surface area contributed by atoms with Gasteiger partial charge in [0.15, 0.2) is 6.61 Å². The van der Waals surface area contributed by atoms with E-state index in [-0.39, 0.29) is 5.75 Å². The number of likely N-dealkylation sites (N-methyl/N-ethyl adjacent to an activating group) is 1. The van der Waals surface area contributed by atoms with Crippen LogP contribution >= 0.6 is 0 Å². The van der Waals surface area contributed by atoms with Crippen LogP contribution in [-0.4, -0.2) is 43.3 Å². The molecule has 2 aromatic rings. The van der Waals surface area contributed by atoms with Crippen LogP contribution in [0.2, 0.25) is 0 Å². The van der Waals surface area contributed by atoms with Crippen LogP contribution in [0.3, 0.4) is 0 Å². The van der Waals surface area contributed by atoms with Crippen LogP contribution in [0, 0.1) is 0 Å². The Bertz CT molecular complexity index is 575. The number of alkyl halides is 3. The number of ether oxygens (including phenoxy) is 1. The number of hydrogen-bond acceptors (Lipinski definition) is 2. The average molecular weight is 286 g/mol. The standard InChI is InChI=1S/C14H17F3N2O/c1-19(2)6-5-10-8-18-13-4-3-11(7-12(10)13)20-9-14(15,16)17/h3-4,7-8,18H,5-6,9H2,1-2H3. The Kier molecular flexibility index (Phi) is 4.23. The second-order valence-corrected chi connectivity index (χ2v) is 4.98. The van der Waals surface area contributed by atoms with E-state index >= 15 is 0 Å². The lowest BCUT2D eigenvalue weighted by Gasteiger charge is -2.10. The molecule has 0 spiro atoms. The number of H-pyrrole nitrogens is 1. The number of nitrogens with zero attached hydrogens (tertiary/aromatic N) is 1. The summed E-state index contributed by atoms with van der Waals surface area (Å²) in [6, 6.07) is 4.93. The number of nitrogens with one attached hydrogen (secondary N) is 1. The highest BCUT2D eigenvalue weighted by Crippen LogP contribution is 2.25. The molecule has 0 aliphatic carbocycles. The van der Waals surface area contributed by atoms with E-state index in [4.69, 9.17) is 4.74 Å². The van der Waals surface area contributed by atoms with E-state index in [1.165, 1.54) is 0 Å². The van der Waals surface area contributed by atoms with Gasteiger partial charge in [-0.2, -0.15) is 13.2 Å². The van der Waals surface area contributed by atoms with E-state index in [9.17, 15) is 13.2 Å². The molecule has 2 rings (SSSR count). The molecular weight excluding hydrogens is 269 g/mol. The molecule has 1 aromatic heterocycles. The summed E-state index contributed by atoms with van der Waals surface area (Å²) in [5.74, 6) is 0.237. The molecule has 0 fully saturated rings. The largest absolute Gasteiger partial charge is 0.484 e. The van der Waals surface area contributed by atoms with Gasteiger partial charge < -0.3 is 14.6 Å². The van der Waals surface area contributed by atoms with E-state index in [0.717, 1.165) is 29.4 Å². The summed E-state index contributed by atoms with van der Waals surface area (Å²) in [6.07, 6.45) is -1.60. The lowest BCUT2D eigenvalue weighted by Crippen LogP contribution is -2.19. The molecule has 0 saturated heterocycles. The van der Waals surface area contributed by atoms with Crippen molar-refractivity contribution in [2.75, 3.05) is 27.2 Å². The van der Waals surface area contributed by atoms with E-state index in [2.05, 4.69) is 9.88 Å². The fourth-order valence-corrected chi connectivity index (χ4v) is 1.96. The van der Waals surface area contributed by atoms with Crippen molar-refractivity contribution in [1.82, 2.24) is 9.88 Å². The molecule has 0 amide bonds. The van der Waals surface area contributed by atoms with Gasteiger partial charge in [0.05, 0.1) is 0 Å². The number of benzene rings is 1. The Hall–Kier alpha value is -1.69. The van der Waals surface area contributed by atoms with Crippen LogP contribution < -0.4 is 4.74 Å². The average Bonchev–Trinajstić information content (AvgIpc) is 2.75. The maximum Gasteiger partial charge on any atom is 0.422 e. The van der Waals surface area contributed by atoms with Gasteiger partial charge in [-0.05, 0) is 44.3 Å². The van der Waals surface area contributed by atoms with Gasteiger partial charge in [-0.1, -0.05) is 0 Å². The molecule has 0 bridgehead atoms. The summed E-state index contributed by atoms with van der Waals surface area (Å²) in [4.78, 5) is 5.17. The van der Waals surface area contributed by atoms with Gasteiger partial charge in [0.1, 0.15) is 5.75 Å². The quantitative estimate of drug-likeness (QED) is 0.914. The minimum atomic E-state index is -4.32. The predicted molar refractivity (Wildman–Crippen MR) is 72.1 cm³/mol. The van der Waals surface area contributed by atoms with Crippen LogP contribution in [0.5, 0.6) is 5.75 Å². The monoisotopic (exact) mass is 286 g/mol. The zero-order valence-electron chi connectivity index (χ0n) is 11.4. The SMILES string of the molecule is CN(C)CCc1c[nH]c2ccc(OCC(F)(F)F)cc12. The molecule has 1 heterocycles. The van der Waals surface area contributed by atoms with Crippen LogP contribution in [0.15, 0.2) is 24.4 Å². The van der Waals surface area contributed by atoms with Crippen molar-refractivity contribution >= 4 is 10.9 Å². The summed E-state index contributed by atoms with van der Waals surface area (Å²) in [5, 5.41) is 0.909. The smallest absolute Gasteiger partial charge is 0.422 e. The third-order valence-electron chi connectivity index (χ3n) is 2.97. The van der Waals surface area contributed by atoms with E-state index < -0.39 is 12.8 Å². The molecular formula is C14H17F3N2O. The molecule has 1 aromatic carbocycles. The molecule has 6 heteroatoms. The van der Waals surface area contributed by atoms with Crippen molar-refractivity contribution in [3.05, 3.63) is 30.0 Å². The molecule has 0 saturated carbocycles. The van der Waals surface area contributed by atoms with Crippen LogP contribution in [-0.2, 0) is 6.42 Å². The van der Waals surface area contributed by atoms with Crippen molar-refractivity contribution in [2.45, 2.75) is 12.6 Å². The van der Waals surface area contributed by atoms with Gasteiger partial charge in [-0.15, -0.1) is 0 Å². The third kappa shape index (κ3) is 3.90. The van der Waals surface area contributed by atoms with Crippen molar-refractivity contribution in [1.29, 1.82) is 0 Å². The first-order valence-electron chi connectivity index (χ1n) is 6.29. The number of aromatic amines is 1. The fourth-order valence-electron chi connectivity index (χ4n) is 1.96. The second kappa shape index (κ2) is 5.75. The molecule has 0 aliphatic heterocycles. The molecule has 1 N–H and O–H groups in total. The van der Waals surface area contributed by atoms with Crippen LogP contribution in [0.1, 0.15) is 5.56 Å². The number of rotatable bonds is 5. The Morgan fingerprint density at radius 2 is 2.00 bits per heavy atom. The molecule has 3 nitrogen and oxygen atoms in total. The van der Waals surface area contributed by atoms with Gasteiger partial charge >= 0.3 is 6.18 Å². The summed E-state index contributed by atoms with van der Waals surface area (Å²) in [5.41, 5.74) is 1.98. The molecule has 110 valence electrons. The first-order chi connectivity index (χ1) is 9.35. The Labute approximate surface area is 115 Å². The molecule has 20 heavy (non-hydrogen) atoms. The lowest BCUT2D eigenvalue weighted by molar-refractivity contribution is -0.153. The minimum absolute atomic E-state index is 0.237. The molecule has 0 unspecified atom stereocenters. The predicted octanol–water partition coefficient (Wildman–Crippen LogP) is 3.21. The highest BCUT2D eigenvalue weighted by Gasteiger charge is 2.28. The number of halogens is 3. The van der Waals surface area contributed by atoms with Gasteiger partial charge in [0.2, 0.25) is 0 Å².